The van der Waals surface area contributed by atoms with Crippen LogP contribution in [0.15, 0.2) is 28.7 Å². The van der Waals surface area contributed by atoms with E-state index in [9.17, 15) is 14.7 Å². The first-order chi connectivity index (χ1) is 11.2. The monoisotopic (exact) mass is 395 g/mol. The Balaban J connectivity index is 2.70. The number of carbonyl (C=O) groups is 2. The molecule has 1 aromatic carbocycles. The van der Waals surface area contributed by atoms with Crippen LogP contribution in [0, 0.1) is 23.2 Å². The van der Waals surface area contributed by atoms with Crippen LogP contribution >= 0.6 is 15.9 Å². The lowest BCUT2D eigenvalue weighted by molar-refractivity contribution is -0.164. The predicted octanol–water partition coefficient (Wildman–Crippen LogP) is 4.18. The molecule has 0 bridgehead atoms. The molecule has 1 fully saturated rings. The molecule has 24 heavy (non-hydrogen) atoms. The second-order valence-electron chi connectivity index (χ2n) is 7.44. The van der Waals surface area contributed by atoms with Gasteiger partial charge in [-0.2, -0.15) is 0 Å². The normalized spacial score (nSPS) is 28.5. The van der Waals surface area contributed by atoms with Crippen molar-refractivity contribution < 1.29 is 14.7 Å². The van der Waals surface area contributed by atoms with Crippen molar-refractivity contribution in [3.8, 4) is 0 Å². The molecule has 0 heterocycles. The number of carbonyl (C=O) groups excluding carboxylic acids is 1. The number of amides is 1. The van der Waals surface area contributed by atoms with Crippen molar-refractivity contribution in [2.45, 2.75) is 46.0 Å². The second-order valence-corrected chi connectivity index (χ2v) is 8.29. The Hall–Kier alpha value is -1.36. The SMILES string of the molecule is CC1CCC(C(C)C)C(C(=O)O)(C(C(N)=O)c2ccccc2Br)C1. The molecule has 4 atom stereocenters. The van der Waals surface area contributed by atoms with Gasteiger partial charge in [0.25, 0.3) is 0 Å². The van der Waals surface area contributed by atoms with E-state index in [1.807, 2.05) is 32.0 Å². The Morgan fingerprint density at radius 2 is 1.92 bits per heavy atom. The smallest absolute Gasteiger partial charge is 0.311 e. The van der Waals surface area contributed by atoms with Crippen molar-refractivity contribution in [2.75, 3.05) is 0 Å². The molecule has 1 saturated carbocycles. The average molecular weight is 396 g/mol. The van der Waals surface area contributed by atoms with E-state index in [1.165, 1.54) is 0 Å². The third kappa shape index (κ3) is 3.23. The minimum absolute atomic E-state index is 0.0872. The molecule has 0 spiro atoms. The van der Waals surface area contributed by atoms with Crippen LogP contribution in [-0.4, -0.2) is 17.0 Å². The topological polar surface area (TPSA) is 80.4 Å². The molecule has 1 aromatic rings. The van der Waals surface area contributed by atoms with Crippen LogP contribution in [0.1, 0.15) is 51.5 Å². The van der Waals surface area contributed by atoms with E-state index in [2.05, 4.69) is 22.9 Å². The summed E-state index contributed by atoms with van der Waals surface area (Å²) in [6, 6.07) is 7.31. The largest absolute Gasteiger partial charge is 0.481 e. The molecule has 0 saturated heterocycles. The summed E-state index contributed by atoms with van der Waals surface area (Å²) in [4.78, 5) is 25.0. The van der Waals surface area contributed by atoms with Gasteiger partial charge in [0.1, 0.15) is 0 Å². The van der Waals surface area contributed by atoms with Gasteiger partial charge in [-0.15, -0.1) is 0 Å². The zero-order chi connectivity index (χ0) is 18.1. The second kappa shape index (κ2) is 7.26. The van der Waals surface area contributed by atoms with Crippen molar-refractivity contribution in [1.82, 2.24) is 0 Å². The molecular weight excluding hydrogens is 370 g/mol. The van der Waals surface area contributed by atoms with Gasteiger partial charge < -0.3 is 10.8 Å². The molecule has 4 unspecified atom stereocenters. The van der Waals surface area contributed by atoms with E-state index >= 15 is 0 Å². The zero-order valence-corrected chi connectivity index (χ0v) is 16.0. The summed E-state index contributed by atoms with van der Waals surface area (Å²) in [5.74, 6) is -1.99. The first kappa shape index (κ1) is 19.0. The minimum Gasteiger partial charge on any atom is -0.481 e. The number of hydrogen-bond acceptors (Lipinski definition) is 2. The predicted molar refractivity (Wildman–Crippen MR) is 97.5 cm³/mol. The molecule has 1 amide bonds. The highest BCUT2D eigenvalue weighted by atomic mass is 79.9. The van der Waals surface area contributed by atoms with Gasteiger partial charge >= 0.3 is 5.97 Å². The number of carboxylic acid groups (broad SMARTS) is 1. The first-order valence-electron chi connectivity index (χ1n) is 8.49. The summed E-state index contributed by atoms with van der Waals surface area (Å²) in [6.07, 6.45) is 2.26. The Morgan fingerprint density at radius 3 is 2.42 bits per heavy atom. The number of aliphatic carboxylic acids is 1. The van der Waals surface area contributed by atoms with Crippen molar-refractivity contribution in [3.63, 3.8) is 0 Å². The van der Waals surface area contributed by atoms with Crippen molar-refractivity contribution in [3.05, 3.63) is 34.3 Å². The number of halogens is 1. The minimum atomic E-state index is -1.17. The van der Waals surface area contributed by atoms with Gasteiger partial charge in [0.05, 0.1) is 11.3 Å². The summed E-state index contributed by atoms with van der Waals surface area (Å²) in [6.45, 7) is 6.14. The molecule has 3 N–H and O–H groups in total. The fourth-order valence-electron chi connectivity index (χ4n) is 4.57. The third-order valence-corrected chi connectivity index (χ3v) is 6.26. The first-order valence-corrected chi connectivity index (χ1v) is 9.28. The maximum atomic E-state index is 12.5. The van der Waals surface area contributed by atoms with E-state index in [-0.39, 0.29) is 17.8 Å². The quantitative estimate of drug-likeness (QED) is 0.784. The number of nitrogens with two attached hydrogens (primary N) is 1. The lowest BCUT2D eigenvalue weighted by Gasteiger charge is -2.49. The lowest BCUT2D eigenvalue weighted by Crippen LogP contribution is -2.53. The molecule has 2 rings (SSSR count). The van der Waals surface area contributed by atoms with Gasteiger partial charge in [0, 0.05) is 4.47 Å². The Labute approximate surface area is 151 Å². The van der Waals surface area contributed by atoms with Crippen LogP contribution in [0.3, 0.4) is 0 Å². The molecule has 1 aliphatic carbocycles. The summed E-state index contributed by atoms with van der Waals surface area (Å²) >= 11 is 3.48. The molecule has 1 aliphatic rings. The molecule has 0 aliphatic heterocycles. The van der Waals surface area contributed by atoms with Gasteiger partial charge in [-0.3, -0.25) is 9.59 Å². The molecular formula is C19H26BrNO3. The molecule has 0 radical (unpaired) electrons. The third-order valence-electron chi connectivity index (χ3n) is 5.54. The van der Waals surface area contributed by atoms with Crippen LogP contribution in [-0.2, 0) is 9.59 Å². The summed E-state index contributed by atoms with van der Waals surface area (Å²) in [7, 11) is 0. The van der Waals surface area contributed by atoms with Gasteiger partial charge in [0.15, 0.2) is 0 Å². The number of hydrogen-bond donors (Lipinski definition) is 2. The van der Waals surface area contributed by atoms with Gasteiger partial charge in [0.2, 0.25) is 5.91 Å². The Morgan fingerprint density at radius 1 is 1.29 bits per heavy atom. The summed E-state index contributed by atoms with van der Waals surface area (Å²) in [5.41, 5.74) is 5.28. The number of carboxylic acids is 1. The summed E-state index contributed by atoms with van der Waals surface area (Å²) in [5, 5.41) is 10.3. The van der Waals surface area contributed by atoms with E-state index in [1.54, 1.807) is 6.07 Å². The van der Waals surface area contributed by atoms with Crippen LogP contribution < -0.4 is 5.73 Å². The van der Waals surface area contributed by atoms with E-state index in [0.29, 0.717) is 12.0 Å². The van der Waals surface area contributed by atoms with Crippen LogP contribution in [0.2, 0.25) is 0 Å². The van der Waals surface area contributed by atoms with Crippen molar-refractivity contribution >= 4 is 27.8 Å². The number of benzene rings is 1. The fraction of sp³-hybridized carbons (Fsp3) is 0.579. The average Bonchev–Trinajstić information content (AvgIpc) is 2.48. The van der Waals surface area contributed by atoms with E-state index in [4.69, 9.17) is 5.73 Å². The highest BCUT2D eigenvalue weighted by Gasteiger charge is 2.57. The maximum Gasteiger partial charge on any atom is 0.311 e. The highest BCUT2D eigenvalue weighted by molar-refractivity contribution is 9.10. The molecule has 0 aromatic heterocycles. The fourth-order valence-corrected chi connectivity index (χ4v) is 5.09. The molecule has 132 valence electrons. The molecule has 5 heteroatoms. The zero-order valence-electron chi connectivity index (χ0n) is 14.5. The van der Waals surface area contributed by atoms with Crippen LogP contribution in [0.25, 0.3) is 0 Å². The molecule has 4 nitrogen and oxygen atoms in total. The van der Waals surface area contributed by atoms with Crippen LogP contribution in [0.4, 0.5) is 0 Å². The van der Waals surface area contributed by atoms with E-state index in [0.717, 1.165) is 17.3 Å². The van der Waals surface area contributed by atoms with Crippen molar-refractivity contribution in [2.24, 2.45) is 28.9 Å². The Kier molecular flexibility index (Phi) is 5.74. The number of rotatable bonds is 5. The number of primary amides is 1. The van der Waals surface area contributed by atoms with Crippen LogP contribution in [0.5, 0.6) is 0 Å². The Bertz CT molecular complexity index is 631. The maximum absolute atomic E-state index is 12.5. The van der Waals surface area contributed by atoms with Crippen molar-refractivity contribution in [1.29, 1.82) is 0 Å². The lowest BCUT2D eigenvalue weighted by atomic mass is 9.53. The van der Waals surface area contributed by atoms with Gasteiger partial charge in [-0.05, 0) is 42.2 Å². The highest BCUT2D eigenvalue weighted by Crippen LogP contribution is 2.55. The van der Waals surface area contributed by atoms with Gasteiger partial charge in [-0.1, -0.05) is 61.3 Å². The van der Waals surface area contributed by atoms with Gasteiger partial charge in [-0.25, -0.2) is 0 Å². The standard InChI is InChI=1S/C19H26BrNO3/c1-11(2)14-9-8-12(3)10-19(14,18(23)24)16(17(21)22)13-6-4-5-7-15(13)20/h4-7,11-12,14,16H,8-10H2,1-3H3,(H2,21,22)(H,23,24). The van der Waals surface area contributed by atoms with E-state index < -0.39 is 23.2 Å². The summed E-state index contributed by atoms with van der Waals surface area (Å²) < 4.78 is 0.732.